The zero-order valence-corrected chi connectivity index (χ0v) is 9.13. The highest BCUT2D eigenvalue weighted by atomic mass is 16.2. The van der Waals surface area contributed by atoms with Crippen LogP contribution in [0.15, 0.2) is 0 Å². The van der Waals surface area contributed by atoms with Gasteiger partial charge in [0, 0.05) is 6.42 Å². The summed E-state index contributed by atoms with van der Waals surface area (Å²) in [6.45, 7) is 1.74. The second-order valence-electron chi connectivity index (χ2n) is 3.73. The van der Waals surface area contributed by atoms with Gasteiger partial charge in [-0.15, -0.1) is 12.3 Å². The highest BCUT2D eigenvalue weighted by Crippen LogP contribution is 2.31. The molecule has 1 aliphatic heterocycles. The van der Waals surface area contributed by atoms with Gasteiger partial charge >= 0.3 is 6.03 Å². The van der Waals surface area contributed by atoms with Crippen LogP contribution >= 0.6 is 0 Å². The Bertz CT molecular complexity index is 348. The van der Waals surface area contributed by atoms with Gasteiger partial charge in [0.1, 0.15) is 5.41 Å². The van der Waals surface area contributed by atoms with Crippen molar-refractivity contribution in [2.24, 2.45) is 5.41 Å². The van der Waals surface area contributed by atoms with E-state index in [9.17, 15) is 14.4 Å². The van der Waals surface area contributed by atoms with E-state index in [0.29, 0.717) is 25.7 Å². The van der Waals surface area contributed by atoms with E-state index in [1.165, 1.54) is 0 Å². The molecule has 5 heteroatoms. The van der Waals surface area contributed by atoms with Crippen LogP contribution in [-0.4, -0.2) is 17.8 Å². The minimum absolute atomic E-state index is 0.350. The molecule has 16 heavy (non-hydrogen) atoms. The molecule has 0 aromatic rings. The van der Waals surface area contributed by atoms with E-state index in [-0.39, 0.29) is 0 Å². The molecule has 0 saturated carbocycles. The fourth-order valence-electron chi connectivity index (χ4n) is 1.80. The minimum atomic E-state index is -1.15. The maximum atomic E-state index is 11.7. The molecule has 1 saturated heterocycles. The third kappa shape index (κ3) is 2.06. The molecule has 4 amide bonds. The molecule has 0 aliphatic carbocycles. The van der Waals surface area contributed by atoms with Crippen molar-refractivity contribution < 1.29 is 14.4 Å². The normalized spacial score (nSPS) is 18.6. The first-order valence-corrected chi connectivity index (χ1v) is 5.17. The SMILES string of the molecule is C#CCCCC1(CC)C(=O)NC(=O)NC1=O. The first-order valence-electron chi connectivity index (χ1n) is 5.17. The van der Waals surface area contributed by atoms with Gasteiger partial charge in [0.2, 0.25) is 11.8 Å². The van der Waals surface area contributed by atoms with Crippen LogP contribution in [0.2, 0.25) is 0 Å². The maximum absolute atomic E-state index is 11.7. The van der Waals surface area contributed by atoms with Gasteiger partial charge in [-0.25, -0.2) is 4.79 Å². The van der Waals surface area contributed by atoms with Gasteiger partial charge in [0.25, 0.3) is 0 Å². The number of barbiturate groups is 1. The zero-order chi connectivity index (χ0) is 12.2. The summed E-state index contributed by atoms with van der Waals surface area (Å²) in [5, 5.41) is 4.23. The second-order valence-corrected chi connectivity index (χ2v) is 3.73. The highest BCUT2D eigenvalue weighted by Gasteiger charge is 2.48. The molecular weight excluding hydrogens is 208 g/mol. The summed E-state index contributed by atoms with van der Waals surface area (Å²) in [6, 6.07) is -0.754. The predicted molar refractivity (Wildman–Crippen MR) is 57.1 cm³/mol. The Morgan fingerprint density at radius 1 is 1.25 bits per heavy atom. The quantitative estimate of drug-likeness (QED) is 0.414. The molecule has 1 heterocycles. The number of urea groups is 1. The molecule has 0 atom stereocenters. The predicted octanol–water partition coefficient (Wildman–Crippen LogP) is 0.552. The van der Waals surface area contributed by atoms with E-state index in [1.807, 2.05) is 0 Å². The zero-order valence-electron chi connectivity index (χ0n) is 9.13. The van der Waals surface area contributed by atoms with E-state index in [0.717, 1.165) is 0 Å². The second kappa shape index (κ2) is 4.79. The summed E-state index contributed by atoms with van der Waals surface area (Å²) < 4.78 is 0. The third-order valence-corrected chi connectivity index (χ3v) is 2.85. The number of unbranched alkanes of at least 4 members (excludes halogenated alkanes) is 1. The van der Waals surface area contributed by atoms with E-state index >= 15 is 0 Å². The molecule has 2 N–H and O–H groups in total. The number of amides is 4. The van der Waals surface area contributed by atoms with Crippen LogP contribution in [0.4, 0.5) is 4.79 Å². The number of carbonyl (C=O) groups excluding carboxylic acids is 3. The van der Waals surface area contributed by atoms with Crippen molar-refractivity contribution in [3.8, 4) is 12.3 Å². The number of imide groups is 2. The van der Waals surface area contributed by atoms with Crippen molar-refractivity contribution in [1.29, 1.82) is 0 Å². The van der Waals surface area contributed by atoms with Crippen LogP contribution < -0.4 is 10.6 Å². The number of carbonyl (C=O) groups is 3. The summed E-state index contributed by atoms with van der Waals surface area (Å²) in [5.74, 6) is 1.40. The van der Waals surface area contributed by atoms with E-state index in [4.69, 9.17) is 6.42 Å². The monoisotopic (exact) mass is 222 g/mol. The summed E-state index contributed by atoms with van der Waals surface area (Å²) in [7, 11) is 0. The fourth-order valence-corrected chi connectivity index (χ4v) is 1.80. The lowest BCUT2D eigenvalue weighted by molar-refractivity contribution is -0.145. The third-order valence-electron chi connectivity index (χ3n) is 2.85. The summed E-state index contributed by atoms with van der Waals surface area (Å²) >= 11 is 0. The lowest BCUT2D eigenvalue weighted by Crippen LogP contribution is -2.62. The largest absolute Gasteiger partial charge is 0.328 e. The Labute approximate surface area is 94.0 Å². The molecule has 1 aliphatic rings. The van der Waals surface area contributed by atoms with Crippen LogP contribution in [0.1, 0.15) is 32.6 Å². The van der Waals surface area contributed by atoms with Gasteiger partial charge in [-0.3, -0.25) is 20.2 Å². The van der Waals surface area contributed by atoms with Crippen molar-refractivity contribution in [2.75, 3.05) is 0 Å². The lowest BCUT2D eigenvalue weighted by atomic mass is 9.77. The Balaban J connectivity index is 2.84. The molecule has 0 radical (unpaired) electrons. The molecule has 5 nitrogen and oxygen atoms in total. The van der Waals surface area contributed by atoms with Crippen molar-refractivity contribution >= 4 is 17.8 Å². The topological polar surface area (TPSA) is 75.3 Å². The summed E-state index contributed by atoms with van der Waals surface area (Å²) in [6.07, 6.45) is 6.92. The van der Waals surface area contributed by atoms with Crippen molar-refractivity contribution in [2.45, 2.75) is 32.6 Å². The number of terminal acetylenes is 1. The van der Waals surface area contributed by atoms with Crippen molar-refractivity contribution in [1.82, 2.24) is 10.6 Å². The number of hydrogen-bond acceptors (Lipinski definition) is 3. The van der Waals surface area contributed by atoms with Crippen LogP contribution in [0.25, 0.3) is 0 Å². The van der Waals surface area contributed by atoms with Crippen molar-refractivity contribution in [3.05, 3.63) is 0 Å². The van der Waals surface area contributed by atoms with Gasteiger partial charge in [-0.05, 0) is 19.3 Å². The molecule has 86 valence electrons. The molecule has 1 fully saturated rings. The van der Waals surface area contributed by atoms with Gasteiger partial charge in [0.05, 0.1) is 0 Å². The average molecular weight is 222 g/mol. The smallest absolute Gasteiger partial charge is 0.277 e. The van der Waals surface area contributed by atoms with Crippen molar-refractivity contribution in [3.63, 3.8) is 0 Å². The van der Waals surface area contributed by atoms with Gasteiger partial charge in [-0.1, -0.05) is 6.92 Å². The highest BCUT2D eigenvalue weighted by molar-refractivity contribution is 6.19. The minimum Gasteiger partial charge on any atom is -0.277 e. The van der Waals surface area contributed by atoms with Crippen LogP contribution in [0, 0.1) is 17.8 Å². The first-order chi connectivity index (χ1) is 7.56. The first kappa shape index (κ1) is 12.2. The van der Waals surface area contributed by atoms with E-state index < -0.39 is 23.3 Å². The molecule has 0 spiro atoms. The summed E-state index contributed by atoms with van der Waals surface area (Å²) in [5.41, 5.74) is -1.15. The standard InChI is InChI=1S/C11H14N2O3/c1-3-5-6-7-11(4-2)8(14)12-10(16)13-9(11)15/h1H,4-7H2,2H3,(H2,12,13,14,15,16). The Kier molecular flexibility index (Phi) is 3.67. The number of hydrogen-bond donors (Lipinski definition) is 2. The van der Waals surface area contributed by atoms with Crippen LogP contribution in [0.5, 0.6) is 0 Å². The fraction of sp³-hybridized carbons (Fsp3) is 0.545. The molecular formula is C11H14N2O3. The molecule has 0 aromatic carbocycles. The Morgan fingerprint density at radius 3 is 2.25 bits per heavy atom. The Hall–Kier alpha value is -1.83. The average Bonchev–Trinajstić information content (AvgIpc) is 2.22. The number of rotatable bonds is 4. The van der Waals surface area contributed by atoms with E-state index in [1.54, 1.807) is 6.92 Å². The maximum Gasteiger partial charge on any atom is 0.328 e. The van der Waals surface area contributed by atoms with Crippen LogP contribution in [-0.2, 0) is 9.59 Å². The van der Waals surface area contributed by atoms with Crippen LogP contribution in [0.3, 0.4) is 0 Å². The molecule has 1 rings (SSSR count). The lowest BCUT2D eigenvalue weighted by Gasteiger charge is -2.32. The summed E-state index contributed by atoms with van der Waals surface area (Å²) in [4.78, 5) is 34.4. The number of nitrogens with one attached hydrogen (secondary N) is 2. The van der Waals surface area contributed by atoms with Gasteiger partial charge in [0.15, 0.2) is 0 Å². The molecule has 0 aromatic heterocycles. The molecule has 0 unspecified atom stereocenters. The van der Waals surface area contributed by atoms with E-state index in [2.05, 4.69) is 16.6 Å². The van der Waals surface area contributed by atoms with Gasteiger partial charge < -0.3 is 0 Å². The molecule has 0 bridgehead atoms. The Morgan fingerprint density at radius 2 is 1.81 bits per heavy atom. The van der Waals surface area contributed by atoms with Gasteiger partial charge in [-0.2, -0.15) is 0 Å².